The van der Waals surface area contributed by atoms with Gasteiger partial charge < -0.3 is 4.74 Å². The van der Waals surface area contributed by atoms with Crippen LogP contribution in [0.5, 0.6) is 0 Å². The van der Waals surface area contributed by atoms with Crippen LogP contribution in [0, 0.1) is 12.5 Å². The number of rotatable bonds is 5. The number of hydrogen-bond donors (Lipinski definition) is 0. The molecule has 1 fully saturated rings. The summed E-state index contributed by atoms with van der Waals surface area (Å²) in [7, 11) is 0. The lowest BCUT2D eigenvalue weighted by molar-refractivity contribution is -0.152. The van der Waals surface area contributed by atoms with Gasteiger partial charge in [-0.2, -0.15) is 0 Å². The van der Waals surface area contributed by atoms with E-state index in [2.05, 4.69) is 4.85 Å². The van der Waals surface area contributed by atoms with E-state index in [1.165, 1.54) is 0 Å². The van der Waals surface area contributed by atoms with Crippen molar-refractivity contribution in [3.05, 3.63) is 77.6 Å². The molecule has 2 atom stereocenters. The van der Waals surface area contributed by atoms with Crippen LogP contribution in [0.15, 0.2) is 60.7 Å². The Morgan fingerprint density at radius 3 is 2.30 bits per heavy atom. The second-order valence-corrected chi connectivity index (χ2v) is 6.12. The predicted octanol–water partition coefficient (Wildman–Crippen LogP) is 2.94. The Morgan fingerprint density at radius 2 is 1.74 bits per heavy atom. The van der Waals surface area contributed by atoms with Crippen molar-refractivity contribution < 1.29 is 19.1 Å². The van der Waals surface area contributed by atoms with Gasteiger partial charge in [-0.15, -0.1) is 0 Å². The molecule has 0 unspecified atom stereocenters. The summed E-state index contributed by atoms with van der Waals surface area (Å²) in [5.41, 5.74) is -1.13. The van der Waals surface area contributed by atoms with E-state index in [-0.39, 0.29) is 13.0 Å². The smallest absolute Gasteiger partial charge is 0.399 e. The zero-order chi connectivity index (χ0) is 19.4. The Labute approximate surface area is 157 Å². The summed E-state index contributed by atoms with van der Waals surface area (Å²) in [6, 6.07) is 16.8. The SMILES string of the molecule is [C-]#[N+][C@@](C(=O)OCC)(c1ccccc1)[C@H]1CC(=O)N(c2ccccc2)C1=O. The highest BCUT2D eigenvalue weighted by molar-refractivity contribution is 6.22. The minimum absolute atomic E-state index is 0.0696. The second kappa shape index (κ2) is 7.42. The maximum atomic E-state index is 13.2. The predicted molar refractivity (Wildman–Crippen MR) is 98.4 cm³/mol. The molecule has 1 saturated heterocycles. The summed E-state index contributed by atoms with van der Waals surface area (Å²) in [4.78, 5) is 43.3. The number of ether oxygens (including phenoxy) is 1. The quantitative estimate of drug-likeness (QED) is 0.466. The minimum Gasteiger partial charge on any atom is -0.460 e. The zero-order valence-corrected chi connectivity index (χ0v) is 14.8. The van der Waals surface area contributed by atoms with Crippen LogP contribution in [0.3, 0.4) is 0 Å². The number of para-hydroxylation sites is 1. The first-order valence-corrected chi connectivity index (χ1v) is 8.59. The number of amides is 2. The number of esters is 1. The van der Waals surface area contributed by atoms with Gasteiger partial charge >= 0.3 is 11.5 Å². The third-order valence-electron chi connectivity index (χ3n) is 4.64. The number of anilines is 1. The Balaban J connectivity index is 2.11. The largest absolute Gasteiger partial charge is 0.460 e. The standard InChI is InChI=1S/C21H18N2O4/c1-3-27-20(26)21(22-2,15-10-6-4-7-11-15)17-14-18(24)23(19(17)25)16-12-8-5-9-13-16/h4-13,17H,3,14H2,1H3/t17-,21-/m0/s1. The molecule has 1 heterocycles. The van der Waals surface area contributed by atoms with Crippen molar-refractivity contribution in [3.8, 4) is 0 Å². The number of nitrogens with zero attached hydrogens (tertiary/aromatic N) is 2. The van der Waals surface area contributed by atoms with E-state index in [0.717, 1.165) is 4.90 Å². The molecule has 2 aromatic carbocycles. The van der Waals surface area contributed by atoms with Gasteiger partial charge in [-0.05, 0) is 19.1 Å². The average molecular weight is 362 g/mol. The summed E-state index contributed by atoms with van der Waals surface area (Å²) < 4.78 is 5.15. The van der Waals surface area contributed by atoms with Gasteiger partial charge in [0, 0.05) is 12.0 Å². The second-order valence-electron chi connectivity index (χ2n) is 6.12. The highest BCUT2D eigenvalue weighted by Crippen LogP contribution is 2.43. The van der Waals surface area contributed by atoms with Crippen LogP contribution in [0.4, 0.5) is 5.69 Å². The molecule has 6 heteroatoms. The van der Waals surface area contributed by atoms with E-state index in [1.54, 1.807) is 67.6 Å². The van der Waals surface area contributed by atoms with Crippen molar-refractivity contribution in [1.29, 1.82) is 0 Å². The third kappa shape index (κ3) is 2.97. The molecular weight excluding hydrogens is 344 g/mol. The fourth-order valence-corrected chi connectivity index (χ4v) is 3.39. The maximum absolute atomic E-state index is 13.2. The van der Waals surface area contributed by atoms with Crippen LogP contribution in [0.1, 0.15) is 18.9 Å². The molecule has 0 radical (unpaired) electrons. The van der Waals surface area contributed by atoms with Gasteiger partial charge in [0.15, 0.2) is 0 Å². The molecule has 0 aromatic heterocycles. The van der Waals surface area contributed by atoms with Crippen molar-refractivity contribution >= 4 is 23.5 Å². The van der Waals surface area contributed by atoms with Gasteiger partial charge in [0.2, 0.25) is 11.8 Å². The average Bonchev–Trinajstić information content (AvgIpc) is 2.99. The number of carbonyl (C=O) groups is 3. The van der Waals surface area contributed by atoms with E-state index in [4.69, 9.17) is 11.3 Å². The van der Waals surface area contributed by atoms with Crippen LogP contribution in [-0.4, -0.2) is 24.4 Å². The van der Waals surface area contributed by atoms with Crippen LogP contribution < -0.4 is 4.90 Å². The van der Waals surface area contributed by atoms with Crippen molar-refractivity contribution in [3.63, 3.8) is 0 Å². The Bertz CT molecular complexity index is 905. The fourth-order valence-electron chi connectivity index (χ4n) is 3.39. The molecule has 0 bridgehead atoms. The molecule has 136 valence electrons. The molecule has 0 saturated carbocycles. The molecule has 3 rings (SSSR count). The first kappa shape index (κ1) is 18.3. The zero-order valence-electron chi connectivity index (χ0n) is 14.8. The summed E-state index contributed by atoms with van der Waals surface area (Å²) in [5, 5.41) is 0. The van der Waals surface area contributed by atoms with Crippen molar-refractivity contribution in [2.45, 2.75) is 18.9 Å². The lowest BCUT2D eigenvalue weighted by Crippen LogP contribution is -2.45. The Kier molecular flexibility index (Phi) is 5.04. The topological polar surface area (TPSA) is 68.0 Å². The summed E-state index contributed by atoms with van der Waals surface area (Å²) in [5.74, 6) is -2.97. The summed E-state index contributed by atoms with van der Waals surface area (Å²) in [6.07, 6.45) is -0.232. The van der Waals surface area contributed by atoms with Gasteiger partial charge in [0.05, 0.1) is 12.3 Å². The number of benzene rings is 2. The lowest BCUT2D eigenvalue weighted by Gasteiger charge is -2.25. The summed E-state index contributed by atoms with van der Waals surface area (Å²) >= 11 is 0. The van der Waals surface area contributed by atoms with Crippen LogP contribution in [0.2, 0.25) is 0 Å². The van der Waals surface area contributed by atoms with Crippen molar-refractivity contribution in [1.82, 2.24) is 0 Å². The monoisotopic (exact) mass is 362 g/mol. The van der Waals surface area contributed by atoms with E-state index in [0.29, 0.717) is 11.3 Å². The number of imide groups is 1. The van der Waals surface area contributed by atoms with E-state index >= 15 is 0 Å². The molecule has 27 heavy (non-hydrogen) atoms. The van der Waals surface area contributed by atoms with Crippen LogP contribution in [-0.2, 0) is 24.7 Å². The number of hydrogen-bond acceptors (Lipinski definition) is 4. The molecule has 6 nitrogen and oxygen atoms in total. The Morgan fingerprint density at radius 1 is 1.15 bits per heavy atom. The lowest BCUT2D eigenvalue weighted by atomic mass is 9.77. The highest BCUT2D eigenvalue weighted by atomic mass is 16.5. The van der Waals surface area contributed by atoms with Gasteiger partial charge in [0.1, 0.15) is 5.92 Å². The van der Waals surface area contributed by atoms with Crippen molar-refractivity contribution in [2.75, 3.05) is 11.5 Å². The first-order chi connectivity index (χ1) is 13.1. The molecule has 1 aliphatic rings. The van der Waals surface area contributed by atoms with E-state index in [9.17, 15) is 14.4 Å². The molecule has 0 N–H and O–H groups in total. The van der Waals surface area contributed by atoms with Crippen LogP contribution >= 0.6 is 0 Å². The molecule has 1 aliphatic heterocycles. The van der Waals surface area contributed by atoms with Gasteiger partial charge in [0.25, 0.3) is 0 Å². The molecular formula is C21H18N2O4. The third-order valence-corrected chi connectivity index (χ3v) is 4.64. The highest BCUT2D eigenvalue weighted by Gasteiger charge is 2.63. The van der Waals surface area contributed by atoms with Gasteiger partial charge in [-0.1, -0.05) is 48.5 Å². The van der Waals surface area contributed by atoms with Gasteiger partial charge in [-0.3, -0.25) is 19.3 Å². The van der Waals surface area contributed by atoms with Crippen LogP contribution in [0.25, 0.3) is 4.85 Å². The normalized spacial score (nSPS) is 18.7. The van der Waals surface area contributed by atoms with E-state index in [1.807, 2.05) is 0 Å². The van der Waals surface area contributed by atoms with Crippen molar-refractivity contribution in [2.24, 2.45) is 5.92 Å². The molecule has 2 aromatic rings. The number of carbonyl (C=O) groups excluding carboxylic acids is 3. The maximum Gasteiger partial charge on any atom is 0.399 e. The molecule has 0 aliphatic carbocycles. The van der Waals surface area contributed by atoms with Gasteiger partial charge in [-0.25, -0.2) is 11.4 Å². The minimum atomic E-state index is -1.90. The molecule has 2 amide bonds. The fraction of sp³-hybridized carbons (Fsp3) is 0.238. The Hall–Kier alpha value is -3.46. The summed E-state index contributed by atoms with van der Waals surface area (Å²) in [6.45, 7) is 9.49. The molecule has 0 spiro atoms. The first-order valence-electron chi connectivity index (χ1n) is 8.59. The van der Waals surface area contributed by atoms with E-state index < -0.39 is 29.2 Å².